The van der Waals surface area contributed by atoms with E-state index in [9.17, 15) is 0 Å². The Kier molecular flexibility index (Phi) is 2.40. The fourth-order valence-electron chi connectivity index (χ4n) is 2.63. The van der Waals surface area contributed by atoms with E-state index in [1.54, 1.807) is 0 Å². The van der Waals surface area contributed by atoms with Crippen molar-refractivity contribution in [2.24, 2.45) is 0 Å². The number of hydrogen-bond donors (Lipinski definition) is 1. The minimum Gasteiger partial charge on any atom is -0.319 e. The topological polar surface area (TPSA) is 24.9 Å². The predicted molar refractivity (Wildman–Crippen MR) is 71.3 cm³/mol. The molecule has 1 aromatic heterocycles. The molecule has 1 saturated carbocycles. The molecule has 0 amide bonds. The first-order valence-electron chi connectivity index (χ1n) is 6.25. The smallest absolute Gasteiger partial charge is 0.0702 e. The SMILES string of the molecule is CNCC1(c2ccc3ncc(C)cc3c2)CC1. The molecule has 0 saturated heterocycles. The van der Waals surface area contributed by atoms with Gasteiger partial charge in [0.2, 0.25) is 0 Å². The number of hydrogen-bond acceptors (Lipinski definition) is 2. The van der Waals surface area contributed by atoms with Crippen LogP contribution in [0.3, 0.4) is 0 Å². The molecule has 1 heterocycles. The highest BCUT2D eigenvalue weighted by Gasteiger charge is 2.43. The van der Waals surface area contributed by atoms with Gasteiger partial charge in [-0.15, -0.1) is 0 Å². The summed E-state index contributed by atoms with van der Waals surface area (Å²) in [6.45, 7) is 3.18. The first-order chi connectivity index (χ1) is 8.23. The molecule has 0 bridgehead atoms. The van der Waals surface area contributed by atoms with E-state index in [0.717, 1.165) is 12.1 Å². The third-order valence-corrected chi connectivity index (χ3v) is 3.80. The van der Waals surface area contributed by atoms with Crippen molar-refractivity contribution < 1.29 is 0 Å². The summed E-state index contributed by atoms with van der Waals surface area (Å²) < 4.78 is 0. The number of pyridine rings is 1. The lowest BCUT2D eigenvalue weighted by Gasteiger charge is -2.15. The van der Waals surface area contributed by atoms with Crippen LogP contribution in [0.5, 0.6) is 0 Å². The molecule has 3 rings (SSSR count). The zero-order chi connectivity index (χ0) is 11.9. The number of aromatic nitrogens is 1. The second-order valence-corrected chi connectivity index (χ2v) is 5.23. The van der Waals surface area contributed by atoms with E-state index in [4.69, 9.17) is 0 Å². The van der Waals surface area contributed by atoms with Crippen LogP contribution in [0.15, 0.2) is 30.5 Å². The van der Waals surface area contributed by atoms with E-state index in [0.29, 0.717) is 5.41 Å². The second-order valence-electron chi connectivity index (χ2n) is 5.23. The van der Waals surface area contributed by atoms with Crippen LogP contribution >= 0.6 is 0 Å². The number of rotatable bonds is 3. The molecule has 0 radical (unpaired) electrons. The van der Waals surface area contributed by atoms with Gasteiger partial charge in [-0.25, -0.2) is 0 Å². The summed E-state index contributed by atoms with van der Waals surface area (Å²) in [6.07, 6.45) is 4.54. The van der Waals surface area contributed by atoms with Gasteiger partial charge in [0, 0.05) is 23.5 Å². The summed E-state index contributed by atoms with van der Waals surface area (Å²) in [5.41, 5.74) is 4.19. The molecule has 2 nitrogen and oxygen atoms in total. The molecule has 0 spiro atoms. The zero-order valence-electron chi connectivity index (χ0n) is 10.5. The van der Waals surface area contributed by atoms with E-state index in [1.807, 2.05) is 13.2 Å². The molecule has 0 aliphatic heterocycles. The van der Waals surface area contributed by atoms with Crippen molar-refractivity contribution in [1.82, 2.24) is 10.3 Å². The molecule has 0 unspecified atom stereocenters. The van der Waals surface area contributed by atoms with Gasteiger partial charge in [-0.1, -0.05) is 6.07 Å². The fraction of sp³-hybridized carbons (Fsp3) is 0.400. The largest absolute Gasteiger partial charge is 0.319 e. The Morgan fingerprint density at radius 2 is 2.12 bits per heavy atom. The van der Waals surface area contributed by atoms with Gasteiger partial charge in [-0.2, -0.15) is 0 Å². The highest BCUT2D eigenvalue weighted by atomic mass is 14.8. The normalized spacial score (nSPS) is 17.3. The Balaban J connectivity index is 2.07. The van der Waals surface area contributed by atoms with Crippen molar-refractivity contribution in [2.45, 2.75) is 25.2 Å². The lowest BCUT2D eigenvalue weighted by molar-refractivity contribution is 0.625. The van der Waals surface area contributed by atoms with E-state index < -0.39 is 0 Å². The lowest BCUT2D eigenvalue weighted by atomic mass is 9.94. The standard InChI is InChI=1S/C15H18N2/c1-11-7-12-8-13(3-4-14(12)17-9-11)15(5-6-15)10-16-2/h3-4,7-9,16H,5-6,10H2,1-2H3. The molecule has 17 heavy (non-hydrogen) atoms. The number of nitrogens with one attached hydrogen (secondary N) is 1. The third kappa shape index (κ3) is 1.83. The summed E-state index contributed by atoms with van der Waals surface area (Å²) in [6, 6.07) is 8.94. The average molecular weight is 226 g/mol. The Morgan fingerprint density at radius 1 is 1.29 bits per heavy atom. The first kappa shape index (κ1) is 10.7. The zero-order valence-corrected chi connectivity index (χ0v) is 10.5. The molecule has 2 aromatic rings. The Labute approximate surface area is 102 Å². The van der Waals surface area contributed by atoms with E-state index in [-0.39, 0.29) is 0 Å². The third-order valence-electron chi connectivity index (χ3n) is 3.80. The maximum Gasteiger partial charge on any atom is 0.0702 e. The summed E-state index contributed by atoms with van der Waals surface area (Å²) >= 11 is 0. The minimum atomic E-state index is 0.396. The van der Waals surface area contributed by atoms with Crippen molar-refractivity contribution in [2.75, 3.05) is 13.6 Å². The predicted octanol–water partition coefficient (Wildman–Crippen LogP) is 2.79. The highest BCUT2D eigenvalue weighted by Crippen LogP contribution is 2.48. The van der Waals surface area contributed by atoms with Crippen molar-refractivity contribution in [3.05, 3.63) is 41.6 Å². The number of nitrogens with zero attached hydrogens (tertiary/aromatic N) is 1. The molecule has 1 N–H and O–H groups in total. The van der Waals surface area contributed by atoms with E-state index >= 15 is 0 Å². The molecule has 1 fully saturated rings. The molecule has 88 valence electrons. The monoisotopic (exact) mass is 226 g/mol. The van der Waals surface area contributed by atoms with Crippen molar-refractivity contribution in [1.29, 1.82) is 0 Å². The van der Waals surface area contributed by atoms with Crippen molar-refractivity contribution >= 4 is 10.9 Å². The molecule has 1 aromatic carbocycles. The van der Waals surface area contributed by atoms with Crippen LogP contribution in [0.1, 0.15) is 24.0 Å². The van der Waals surface area contributed by atoms with Gasteiger partial charge in [-0.05, 0) is 56.1 Å². The quantitative estimate of drug-likeness (QED) is 0.870. The molecule has 1 aliphatic rings. The van der Waals surface area contributed by atoms with Gasteiger partial charge in [0.15, 0.2) is 0 Å². The average Bonchev–Trinajstić information content (AvgIpc) is 3.09. The van der Waals surface area contributed by atoms with Crippen molar-refractivity contribution in [3.63, 3.8) is 0 Å². The van der Waals surface area contributed by atoms with E-state index in [2.05, 4.69) is 41.5 Å². The fourth-order valence-corrected chi connectivity index (χ4v) is 2.63. The van der Waals surface area contributed by atoms with Crippen LogP contribution < -0.4 is 5.32 Å². The second kappa shape index (κ2) is 3.81. The van der Waals surface area contributed by atoms with Crippen LogP contribution in [-0.4, -0.2) is 18.6 Å². The maximum atomic E-state index is 4.45. The Bertz CT molecular complexity index is 556. The highest BCUT2D eigenvalue weighted by molar-refractivity contribution is 5.80. The van der Waals surface area contributed by atoms with Crippen LogP contribution in [0.25, 0.3) is 10.9 Å². The molecular formula is C15H18N2. The van der Waals surface area contributed by atoms with Gasteiger partial charge in [-0.3, -0.25) is 4.98 Å². The summed E-state index contributed by atoms with van der Waals surface area (Å²) in [4.78, 5) is 4.45. The maximum absolute atomic E-state index is 4.45. The Hall–Kier alpha value is -1.41. The van der Waals surface area contributed by atoms with Crippen LogP contribution in [0.4, 0.5) is 0 Å². The van der Waals surface area contributed by atoms with Gasteiger partial charge in [0.25, 0.3) is 0 Å². The molecule has 0 atom stereocenters. The van der Waals surface area contributed by atoms with Gasteiger partial charge in [0.05, 0.1) is 5.52 Å². The molecular weight excluding hydrogens is 208 g/mol. The number of likely N-dealkylation sites (N-methyl/N-ethyl adjacent to an activating group) is 1. The first-order valence-corrected chi connectivity index (χ1v) is 6.25. The Morgan fingerprint density at radius 3 is 2.82 bits per heavy atom. The number of benzene rings is 1. The summed E-state index contributed by atoms with van der Waals surface area (Å²) in [5, 5.41) is 4.58. The lowest BCUT2D eigenvalue weighted by Crippen LogP contribution is -2.23. The van der Waals surface area contributed by atoms with Crippen LogP contribution in [-0.2, 0) is 5.41 Å². The van der Waals surface area contributed by atoms with Gasteiger partial charge in [0.1, 0.15) is 0 Å². The van der Waals surface area contributed by atoms with Crippen LogP contribution in [0, 0.1) is 6.92 Å². The van der Waals surface area contributed by atoms with E-state index in [1.165, 1.54) is 29.4 Å². The molecule has 1 aliphatic carbocycles. The number of fused-ring (bicyclic) bond motifs is 1. The van der Waals surface area contributed by atoms with Crippen LogP contribution in [0.2, 0.25) is 0 Å². The molecule has 2 heteroatoms. The number of aryl methyl sites for hydroxylation is 1. The summed E-state index contributed by atoms with van der Waals surface area (Å²) in [7, 11) is 2.03. The van der Waals surface area contributed by atoms with Gasteiger partial charge < -0.3 is 5.32 Å². The van der Waals surface area contributed by atoms with Crippen molar-refractivity contribution in [3.8, 4) is 0 Å². The van der Waals surface area contributed by atoms with Gasteiger partial charge >= 0.3 is 0 Å². The summed E-state index contributed by atoms with van der Waals surface area (Å²) in [5.74, 6) is 0. The minimum absolute atomic E-state index is 0.396.